The third kappa shape index (κ3) is 5.16. The van der Waals surface area contributed by atoms with Gasteiger partial charge in [-0.1, -0.05) is 146 Å². The van der Waals surface area contributed by atoms with Crippen molar-refractivity contribution in [2.45, 2.75) is 0 Å². The average molecular weight is 668 g/mol. The van der Waals surface area contributed by atoms with Crippen molar-refractivity contribution in [1.29, 1.82) is 0 Å². The van der Waals surface area contributed by atoms with E-state index in [1.54, 1.807) is 11.3 Å². The molecule has 0 saturated carbocycles. The van der Waals surface area contributed by atoms with Crippen LogP contribution in [0.25, 0.3) is 98.0 Å². The Morgan fingerprint density at radius 3 is 1.84 bits per heavy atom. The van der Waals surface area contributed by atoms with Crippen molar-refractivity contribution in [3.63, 3.8) is 0 Å². The Hall–Kier alpha value is -6.49. The van der Waals surface area contributed by atoms with Crippen LogP contribution in [0.4, 0.5) is 0 Å². The second kappa shape index (κ2) is 12.1. The Kier molecular flexibility index (Phi) is 7.00. The maximum Gasteiger partial charge on any atom is 0.160 e. The minimum Gasteiger partial charge on any atom is -0.256 e. The smallest absolute Gasteiger partial charge is 0.160 e. The summed E-state index contributed by atoms with van der Waals surface area (Å²) in [6.45, 7) is 0. The number of hydrogen-bond donors (Lipinski definition) is 0. The Bertz CT molecular complexity index is 2890. The van der Waals surface area contributed by atoms with Gasteiger partial charge in [-0.05, 0) is 63.0 Å². The van der Waals surface area contributed by atoms with Gasteiger partial charge in [0.25, 0.3) is 0 Å². The van der Waals surface area contributed by atoms with Crippen LogP contribution in [-0.4, -0.2) is 15.0 Å². The van der Waals surface area contributed by atoms with Crippen LogP contribution < -0.4 is 0 Å². The van der Waals surface area contributed by atoms with Gasteiger partial charge >= 0.3 is 0 Å². The zero-order valence-corrected chi connectivity index (χ0v) is 28.3. The van der Waals surface area contributed by atoms with Gasteiger partial charge in [-0.3, -0.25) is 4.98 Å². The molecule has 3 nitrogen and oxygen atoms in total. The first kappa shape index (κ1) is 29.4. The minimum absolute atomic E-state index is 0.725. The molecule has 10 rings (SSSR count). The molecular weight excluding hydrogens is 639 g/mol. The van der Waals surface area contributed by atoms with Gasteiger partial charge in [0.05, 0.1) is 21.4 Å². The first-order valence-corrected chi connectivity index (χ1v) is 17.9. The minimum atomic E-state index is 0.725. The van der Waals surface area contributed by atoms with Gasteiger partial charge in [0.15, 0.2) is 5.82 Å². The van der Waals surface area contributed by atoms with E-state index in [0.29, 0.717) is 0 Å². The molecule has 0 atom stereocenters. The summed E-state index contributed by atoms with van der Waals surface area (Å²) in [5, 5.41) is 4.68. The number of benzene rings is 7. The van der Waals surface area contributed by atoms with Crippen molar-refractivity contribution < 1.29 is 0 Å². The Morgan fingerprint density at radius 2 is 1.02 bits per heavy atom. The molecule has 10 aromatic rings. The summed E-state index contributed by atoms with van der Waals surface area (Å²) in [6.07, 6.45) is 1.87. The predicted octanol–water partition coefficient (Wildman–Crippen LogP) is 12.9. The molecule has 238 valence electrons. The molecule has 0 unspecified atom stereocenters. The van der Waals surface area contributed by atoms with Crippen LogP contribution in [-0.2, 0) is 0 Å². The molecular formula is C47H29N3S. The number of pyridine rings is 1. The molecule has 7 aromatic carbocycles. The van der Waals surface area contributed by atoms with Crippen molar-refractivity contribution in [3.05, 3.63) is 176 Å². The zero-order chi connectivity index (χ0) is 33.7. The number of fused-ring (bicyclic) bond motifs is 6. The number of rotatable bonds is 5. The summed E-state index contributed by atoms with van der Waals surface area (Å²) in [7, 11) is 0. The van der Waals surface area contributed by atoms with Crippen molar-refractivity contribution in [2.75, 3.05) is 0 Å². The normalized spacial score (nSPS) is 11.5. The molecule has 3 heterocycles. The van der Waals surface area contributed by atoms with E-state index in [1.807, 2.05) is 18.3 Å². The number of aromatic nitrogens is 3. The quantitative estimate of drug-likeness (QED) is 0.171. The monoisotopic (exact) mass is 667 g/mol. The van der Waals surface area contributed by atoms with E-state index in [0.717, 1.165) is 60.3 Å². The lowest BCUT2D eigenvalue weighted by molar-refractivity contribution is 1.24. The largest absolute Gasteiger partial charge is 0.256 e. The molecule has 0 aliphatic rings. The molecule has 0 radical (unpaired) electrons. The highest BCUT2D eigenvalue weighted by Crippen LogP contribution is 2.40. The Morgan fingerprint density at radius 1 is 0.392 bits per heavy atom. The van der Waals surface area contributed by atoms with Crippen LogP contribution in [0.1, 0.15) is 0 Å². The third-order valence-electron chi connectivity index (χ3n) is 9.75. The van der Waals surface area contributed by atoms with E-state index in [2.05, 4.69) is 163 Å². The van der Waals surface area contributed by atoms with Crippen LogP contribution in [0, 0.1) is 0 Å². The fraction of sp³-hybridized carbons (Fsp3) is 0. The van der Waals surface area contributed by atoms with Gasteiger partial charge in [0, 0.05) is 38.2 Å². The highest BCUT2D eigenvalue weighted by atomic mass is 32.1. The first-order valence-electron chi connectivity index (χ1n) is 17.1. The lowest BCUT2D eigenvalue weighted by Crippen LogP contribution is -1.94. The highest BCUT2D eigenvalue weighted by Gasteiger charge is 2.17. The molecule has 0 bridgehead atoms. The molecule has 0 saturated heterocycles. The van der Waals surface area contributed by atoms with E-state index in [4.69, 9.17) is 9.97 Å². The SMILES string of the molecule is c1ccc(-c2ccc(-c3nc(-c4cccc(-c5ccc(-c6cc7cccnc7c7ccccc67)cc5)c4)nc4c3sc3ccccc34)cc2)cc1. The molecule has 0 N–H and O–H groups in total. The van der Waals surface area contributed by atoms with Gasteiger partial charge in [-0.25, -0.2) is 9.97 Å². The van der Waals surface area contributed by atoms with Crippen molar-refractivity contribution in [3.8, 4) is 56.0 Å². The number of nitrogens with zero attached hydrogens (tertiary/aromatic N) is 3. The summed E-state index contributed by atoms with van der Waals surface area (Å²) < 4.78 is 2.32. The first-order chi connectivity index (χ1) is 25.3. The summed E-state index contributed by atoms with van der Waals surface area (Å²) in [5.74, 6) is 0.725. The highest BCUT2D eigenvalue weighted by molar-refractivity contribution is 7.26. The van der Waals surface area contributed by atoms with Crippen molar-refractivity contribution in [1.82, 2.24) is 15.0 Å². The van der Waals surface area contributed by atoms with Gasteiger partial charge in [0.1, 0.15) is 0 Å². The lowest BCUT2D eigenvalue weighted by Gasteiger charge is -2.12. The topological polar surface area (TPSA) is 38.7 Å². The average Bonchev–Trinajstić information content (AvgIpc) is 3.59. The van der Waals surface area contributed by atoms with Crippen LogP contribution in [0.5, 0.6) is 0 Å². The van der Waals surface area contributed by atoms with Gasteiger partial charge in [-0.2, -0.15) is 0 Å². The number of hydrogen-bond acceptors (Lipinski definition) is 4. The molecule has 0 fully saturated rings. The van der Waals surface area contributed by atoms with Gasteiger partial charge < -0.3 is 0 Å². The molecule has 3 aromatic heterocycles. The van der Waals surface area contributed by atoms with E-state index >= 15 is 0 Å². The zero-order valence-electron chi connectivity index (χ0n) is 27.5. The van der Waals surface area contributed by atoms with Gasteiger partial charge in [0.2, 0.25) is 0 Å². The van der Waals surface area contributed by atoms with Crippen LogP contribution in [0.2, 0.25) is 0 Å². The summed E-state index contributed by atoms with van der Waals surface area (Å²) in [5.41, 5.74) is 12.1. The molecule has 4 heteroatoms. The van der Waals surface area contributed by atoms with Crippen LogP contribution in [0.15, 0.2) is 176 Å². The standard InChI is InChI=1S/C47H29N3S/c1-2-10-30(11-3-1)31-21-25-34(26-22-31)44-46-45(40-17-6-7-18-42(40)51-46)50-47(49-44)37-13-8-12-35(28-37)32-19-23-33(24-20-32)41-29-36-14-9-27-48-43(36)39-16-5-4-15-38(39)41/h1-29H. The maximum atomic E-state index is 5.28. The Labute approximate surface area is 299 Å². The summed E-state index contributed by atoms with van der Waals surface area (Å²) in [4.78, 5) is 15.2. The molecule has 51 heavy (non-hydrogen) atoms. The van der Waals surface area contributed by atoms with E-state index in [1.165, 1.54) is 37.7 Å². The van der Waals surface area contributed by atoms with Crippen molar-refractivity contribution >= 4 is 53.3 Å². The number of thiophene rings is 1. The fourth-order valence-electron chi connectivity index (χ4n) is 7.20. The second-order valence-electron chi connectivity index (χ2n) is 12.8. The second-order valence-corrected chi connectivity index (χ2v) is 13.9. The molecule has 0 aliphatic heterocycles. The summed E-state index contributed by atoms with van der Waals surface area (Å²) in [6, 6.07) is 60.2. The van der Waals surface area contributed by atoms with Crippen LogP contribution >= 0.6 is 11.3 Å². The lowest BCUT2D eigenvalue weighted by atomic mass is 9.94. The Balaban J connectivity index is 1.06. The molecule has 0 amide bonds. The molecule has 0 spiro atoms. The molecule has 0 aliphatic carbocycles. The van der Waals surface area contributed by atoms with E-state index in [9.17, 15) is 0 Å². The fourth-order valence-corrected chi connectivity index (χ4v) is 8.36. The van der Waals surface area contributed by atoms with E-state index in [-0.39, 0.29) is 0 Å². The predicted molar refractivity (Wildman–Crippen MR) is 215 cm³/mol. The van der Waals surface area contributed by atoms with Crippen molar-refractivity contribution in [2.24, 2.45) is 0 Å². The van der Waals surface area contributed by atoms with Gasteiger partial charge in [-0.15, -0.1) is 11.3 Å². The third-order valence-corrected chi connectivity index (χ3v) is 10.9. The van der Waals surface area contributed by atoms with E-state index < -0.39 is 0 Å². The maximum absolute atomic E-state index is 5.28. The van der Waals surface area contributed by atoms with Crippen LogP contribution in [0.3, 0.4) is 0 Å². The summed E-state index contributed by atoms with van der Waals surface area (Å²) >= 11 is 1.76.